The second-order valence-electron chi connectivity index (χ2n) is 5.26. The predicted octanol–water partition coefficient (Wildman–Crippen LogP) is 1.79. The standard InChI is InChI=1S/C10H17NO5S/c1-9(2,3)16-8(12)11-10(4,5)6-7-15-17(11,13)14/h6-7H,1-5H3. The van der Waals surface area contributed by atoms with Crippen LogP contribution in [-0.2, 0) is 19.2 Å². The molecule has 0 saturated heterocycles. The van der Waals surface area contributed by atoms with Crippen LogP contribution in [0.15, 0.2) is 12.3 Å². The zero-order valence-corrected chi connectivity index (χ0v) is 11.4. The molecule has 0 radical (unpaired) electrons. The van der Waals surface area contributed by atoms with Gasteiger partial charge in [0.2, 0.25) is 0 Å². The highest BCUT2D eigenvalue weighted by Crippen LogP contribution is 2.28. The van der Waals surface area contributed by atoms with E-state index in [1.165, 1.54) is 6.08 Å². The highest BCUT2D eigenvalue weighted by Gasteiger charge is 2.44. The van der Waals surface area contributed by atoms with Crippen LogP contribution in [0, 0.1) is 0 Å². The summed E-state index contributed by atoms with van der Waals surface area (Å²) in [6, 6.07) is 0. The van der Waals surface area contributed by atoms with Crippen LogP contribution in [-0.4, -0.2) is 30.0 Å². The summed E-state index contributed by atoms with van der Waals surface area (Å²) in [7, 11) is -4.13. The van der Waals surface area contributed by atoms with E-state index in [0.29, 0.717) is 4.31 Å². The second-order valence-corrected chi connectivity index (χ2v) is 6.67. The van der Waals surface area contributed by atoms with Crippen molar-refractivity contribution in [3.05, 3.63) is 12.3 Å². The summed E-state index contributed by atoms with van der Waals surface area (Å²) in [6.07, 6.45) is 1.57. The molecular formula is C10H17NO5S. The molecule has 6 nitrogen and oxygen atoms in total. The number of hydrogen-bond donors (Lipinski definition) is 0. The Hall–Kier alpha value is -1.24. The van der Waals surface area contributed by atoms with E-state index in [-0.39, 0.29) is 0 Å². The molecule has 1 amide bonds. The fourth-order valence-electron chi connectivity index (χ4n) is 1.29. The van der Waals surface area contributed by atoms with Gasteiger partial charge in [0.1, 0.15) is 11.9 Å². The van der Waals surface area contributed by atoms with E-state index in [9.17, 15) is 13.2 Å². The van der Waals surface area contributed by atoms with E-state index in [1.54, 1.807) is 34.6 Å². The van der Waals surface area contributed by atoms with E-state index in [4.69, 9.17) is 4.74 Å². The lowest BCUT2D eigenvalue weighted by molar-refractivity contribution is 0.0275. The van der Waals surface area contributed by atoms with E-state index >= 15 is 0 Å². The SMILES string of the molecule is CC(C)(C)OC(=O)N1C(C)(C)C=COS1(=O)=O. The molecular weight excluding hydrogens is 246 g/mol. The maximum absolute atomic E-state index is 11.9. The van der Waals surface area contributed by atoms with Crippen LogP contribution in [0.4, 0.5) is 4.79 Å². The number of carbonyl (C=O) groups excluding carboxylic acids is 1. The molecule has 0 bridgehead atoms. The number of ether oxygens (including phenoxy) is 1. The molecule has 0 atom stereocenters. The van der Waals surface area contributed by atoms with Gasteiger partial charge in [0, 0.05) is 0 Å². The number of amides is 1. The van der Waals surface area contributed by atoms with E-state index in [2.05, 4.69) is 4.18 Å². The Bertz CT molecular complexity index is 444. The lowest BCUT2D eigenvalue weighted by Crippen LogP contribution is -2.53. The van der Waals surface area contributed by atoms with Gasteiger partial charge in [-0.05, 0) is 40.7 Å². The Labute approximate surface area is 101 Å². The molecule has 0 fully saturated rings. The molecule has 0 unspecified atom stereocenters. The molecule has 17 heavy (non-hydrogen) atoms. The monoisotopic (exact) mass is 263 g/mol. The predicted molar refractivity (Wildman–Crippen MR) is 61.3 cm³/mol. The van der Waals surface area contributed by atoms with Crippen molar-refractivity contribution in [2.75, 3.05) is 0 Å². The topological polar surface area (TPSA) is 72.9 Å². The Morgan fingerprint density at radius 1 is 1.35 bits per heavy atom. The zero-order chi connectivity index (χ0) is 13.5. The van der Waals surface area contributed by atoms with Gasteiger partial charge in [-0.1, -0.05) is 0 Å². The minimum Gasteiger partial charge on any atom is -0.443 e. The maximum atomic E-state index is 11.9. The van der Waals surface area contributed by atoms with Crippen LogP contribution in [0.5, 0.6) is 0 Å². The number of rotatable bonds is 0. The van der Waals surface area contributed by atoms with Crippen LogP contribution in [0.25, 0.3) is 0 Å². The van der Waals surface area contributed by atoms with Gasteiger partial charge in [-0.15, -0.1) is 0 Å². The van der Waals surface area contributed by atoms with Gasteiger partial charge in [0.25, 0.3) is 0 Å². The smallest absolute Gasteiger partial charge is 0.427 e. The molecule has 0 spiro atoms. The number of carbonyl (C=O) groups is 1. The van der Waals surface area contributed by atoms with Crippen LogP contribution in [0.3, 0.4) is 0 Å². The lowest BCUT2D eigenvalue weighted by atomic mass is 10.1. The summed E-state index contributed by atoms with van der Waals surface area (Å²) >= 11 is 0. The third-order valence-electron chi connectivity index (χ3n) is 1.96. The van der Waals surface area contributed by atoms with Crippen molar-refractivity contribution in [3.8, 4) is 0 Å². The largest absolute Gasteiger partial charge is 0.443 e. The van der Waals surface area contributed by atoms with Gasteiger partial charge in [-0.3, -0.25) is 0 Å². The Morgan fingerprint density at radius 2 is 1.88 bits per heavy atom. The Balaban J connectivity index is 3.09. The molecule has 1 rings (SSSR count). The zero-order valence-electron chi connectivity index (χ0n) is 10.6. The van der Waals surface area contributed by atoms with Crippen molar-refractivity contribution in [2.24, 2.45) is 0 Å². The molecule has 1 heterocycles. The van der Waals surface area contributed by atoms with Gasteiger partial charge in [-0.2, -0.15) is 12.7 Å². The summed E-state index contributed by atoms with van der Waals surface area (Å²) in [5, 5.41) is 0. The normalized spacial score (nSPS) is 21.8. The molecule has 0 aliphatic carbocycles. The van der Waals surface area contributed by atoms with Crippen molar-refractivity contribution < 1.29 is 22.1 Å². The third kappa shape index (κ3) is 3.12. The van der Waals surface area contributed by atoms with Crippen LogP contribution in [0.2, 0.25) is 0 Å². The van der Waals surface area contributed by atoms with Crippen LogP contribution < -0.4 is 0 Å². The highest BCUT2D eigenvalue weighted by atomic mass is 32.2. The van der Waals surface area contributed by atoms with Crippen molar-refractivity contribution in [1.29, 1.82) is 0 Å². The molecule has 0 N–H and O–H groups in total. The minimum atomic E-state index is -4.13. The summed E-state index contributed by atoms with van der Waals surface area (Å²) in [5.74, 6) is 0. The number of hydrogen-bond acceptors (Lipinski definition) is 5. The second kappa shape index (κ2) is 3.90. The lowest BCUT2D eigenvalue weighted by Gasteiger charge is -2.36. The maximum Gasteiger partial charge on any atom is 0.427 e. The highest BCUT2D eigenvalue weighted by molar-refractivity contribution is 7.85. The summed E-state index contributed by atoms with van der Waals surface area (Å²) < 4.78 is 33.4. The van der Waals surface area contributed by atoms with E-state index < -0.39 is 27.5 Å². The summed E-state index contributed by atoms with van der Waals surface area (Å²) in [5.41, 5.74) is -1.79. The molecule has 0 saturated carbocycles. The van der Waals surface area contributed by atoms with Crippen molar-refractivity contribution in [1.82, 2.24) is 4.31 Å². The van der Waals surface area contributed by atoms with Gasteiger partial charge < -0.3 is 8.92 Å². The average molecular weight is 263 g/mol. The van der Waals surface area contributed by atoms with Crippen molar-refractivity contribution >= 4 is 16.4 Å². The molecule has 0 aromatic carbocycles. The van der Waals surface area contributed by atoms with Crippen molar-refractivity contribution in [3.63, 3.8) is 0 Å². The van der Waals surface area contributed by atoms with Crippen molar-refractivity contribution in [2.45, 2.75) is 45.8 Å². The fourth-order valence-corrected chi connectivity index (χ4v) is 2.43. The first-order valence-corrected chi connectivity index (χ1v) is 6.47. The Morgan fingerprint density at radius 3 is 2.29 bits per heavy atom. The van der Waals surface area contributed by atoms with Gasteiger partial charge >= 0.3 is 16.4 Å². The number of nitrogens with zero attached hydrogens (tertiary/aromatic N) is 1. The van der Waals surface area contributed by atoms with Gasteiger partial charge in [0.15, 0.2) is 0 Å². The first-order chi connectivity index (χ1) is 7.46. The van der Waals surface area contributed by atoms with Crippen LogP contribution >= 0.6 is 0 Å². The summed E-state index contributed by atoms with van der Waals surface area (Å²) in [4.78, 5) is 11.9. The molecule has 1 aliphatic rings. The summed E-state index contributed by atoms with van der Waals surface area (Å²) in [6.45, 7) is 8.13. The first kappa shape index (κ1) is 13.8. The van der Waals surface area contributed by atoms with E-state index in [1.807, 2.05) is 0 Å². The molecule has 0 aromatic rings. The molecule has 1 aliphatic heterocycles. The Kier molecular flexibility index (Phi) is 3.17. The molecule has 7 heteroatoms. The average Bonchev–Trinajstić information content (AvgIpc) is 1.94. The van der Waals surface area contributed by atoms with Gasteiger partial charge in [0.05, 0.1) is 5.54 Å². The minimum absolute atomic E-state index is 0.589. The molecule has 98 valence electrons. The van der Waals surface area contributed by atoms with E-state index in [0.717, 1.165) is 6.26 Å². The quantitative estimate of drug-likeness (QED) is 0.666. The fraction of sp³-hybridized carbons (Fsp3) is 0.700. The third-order valence-corrected chi connectivity index (χ3v) is 3.38. The first-order valence-electron chi connectivity index (χ1n) is 5.10. The molecule has 0 aromatic heterocycles. The van der Waals surface area contributed by atoms with Gasteiger partial charge in [-0.25, -0.2) is 4.79 Å². The van der Waals surface area contributed by atoms with Crippen LogP contribution in [0.1, 0.15) is 34.6 Å².